The molecular formula is C26H24N8O2. The van der Waals surface area contributed by atoms with Crippen molar-refractivity contribution >= 4 is 23.6 Å². The average Bonchev–Trinajstić information content (AvgIpc) is 3.52. The smallest absolute Gasteiger partial charge is 0.205 e. The van der Waals surface area contributed by atoms with E-state index in [1.54, 1.807) is 0 Å². The maximum absolute atomic E-state index is 11.8. The van der Waals surface area contributed by atoms with Crippen molar-refractivity contribution in [2.45, 2.75) is 33.7 Å². The molecule has 0 amide bonds. The number of H-pyrrole nitrogens is 1. The van der Waals surface area contributed by atoms with E-state index in [9.17, 15) is 9.59 Å². The fourth-order valence-electron chi connectivity index (χ4n) is 4.26. The standard InChI is InChI=1S/C26H24N8O2/c1-26(2,3)12-22-27-23-20(14-35)28-29-21(15-36)24(23)34(22)13-16-8-10-17(11-9-16)18-6-4-5-7-19(18)25-30-32-33-31-25/h4-11,14-15H,12-13H2,1-3H3,(H,30,31,32,33). The van der Waals surface area contributed by atoms with E-state index in [4.69, 9.17) is 4.98 Å². The molecule has 180 valence electrons. The number of hydrogen-bond acceptors (Lipinski definition) is 8. The van der Waals surface area contributed by atoms with Crippen LogP contribution in [-0.2, 0) is 13.0 Å². The van der Waals surface area contributed by atoms with E-state index in [2.05, 4.69) is 51.6 Å². The number of imidazole rings is 1. The summed E-state index contributed by atoms with van der Waals surface area (Å²) in [6.45, 7) is 6.80. The summed E-state index contributed by atoms with van der Waals surface area (Å²) in [5.74, 6) is 1.30. The molecule has 0 spiro atoms. The molecule has 0 aliphatic rings. The van der Waals surface area contributed by atoms with Crippen LogP contribution in [-0.4, -0.2) is 52.9 Å². The van der Waals surface area contributed by atoms with Crippen LogP contribution in [0, 0.1) is 5.41 Å². The third-order valence-corrected chi connectivity index (χ3v) is 5.83. The monoisotopic (exact) mass is 480 g/mol. The van der Waals surface area contributed by atoms with Gasteiger partial charge in [-0.1, -0.05) is 69.3 Å². The Hall–Kier alpha value is -4.60. The normalized spacial score (nSPS) is 11.6. The molecule has 36 heavy (non-hydrogen) atoms. The van der Waals surface area contributed by atoms with E-state index < -0.39 is 0 Å². The van der Waals surface area contributed by atoms with Crippen molar-refractivity contribution in [2.75, 3.05) is 0 Å². The number of nitrogens with zero attached hydrogens (tertiary/aromatic N) is 7. The highest BCUT2D eigenvalue weighted by molar-refractivity contribution is 5.99. The maximum atomic E-state index is 11.8. The number of carbonyl (C=O) groups excluding carboxylic acids is 2. The lowest BCUT2D eigenvalue weighted by Gasteiger charge is -2.19. The molecule has 10 heteroatoms. The fraction of sp³-hybridized carbons (Fsp3) is 0.231. The van der Waals surface area contributed by atoms with Crippen LogP contribution in [0.25, 0.3) is 33.5 Å². The number of aromatic amines is 1. The summed E-state index contributed by atoms with van der Waals surface area (Å²) in [6, 6.07) is 16.0. The van der Waals surface area contributed by atoms with Crippen LogP contribution in [0.3, 0.4) is 0 Å². The minimum atomic E-state index is -0.0641. The summed E-state index contributed by atoms with van der Waals surface area (Å²) in [5.41, 5.74) is 5.01. The van der Waals surface area contributed by atoms with Gasteiger partial charge in [-0.05, 0) is 27.3 Å². The number of hydrogen-bond donors (Lipinski definition) is 1. The van der Waals surface area contributed by atoms with Crippen LogP contribution in [0.4, 0.5) is 0 Å². The van der Waals surface area contributed by atoms with Gasteiger partial charge in [0.15, 0.2) is 24.0 Å². The zero-order chi connectivity index (χ0) is 25.3. The number of carbonyl (C=O) groups is 2. The fourth-order valence-corrected chi connectivity index (χ4v) is 4.26. The third kappa shape index (κ3) is 4.40. The second-order valence-electron chi connectivity index (χ2n) is 9.73. The summed E-state index contributed by atoms with van der Waals surface area (Å²) in [4.78, 5) is 28.1. The molecule has 2 aromatic carbocycles. The lowest BCUT2D eigenvalue weighted by atomic mass is 9.92. The summed E-state index contributed by atoms with van der Waals surface area (Å²) in [6.07, 6.45) is 1.92. The highest BCUT2D eigenvalue weighted by Crippen LogP contribution is 2.31. The molecule has 0 radical (unpaired) electrons. The van der Waals surface area contributed by atoms with Crippen LogP contribution in [0.1, 0.15) is 53.1 Å². The Morgan fingerprint density at radius 2 is 1.58 bits per heavy atom. The Balaban J connectivity index is 1.56. The summed E-state index contributed by atoms with van der Waals surface area (Å²) >= 11 is 0. The van der Waals surface area contributed by atoms with Crippen molar-refractivity contribution in [1.29, 1.82) is 0 Å². The lowest BCUT2D eigenvalue weighted by Crippen LogP contribution is -2.15. The van der Waals surface area contributed by atoms with Crippen molar-refractivity contribution in [3.63, 3.8) is 0 Å². The summed E-state index contributed by atoms with van der Waals surface area (Å²) in [5, 5.41) is 22.3. The number of tetrazole rings is 1. The number of nitrogens with one attached hydrogen (secondary N) is 1. The summed E-state index contributed by atoms with van der Waals surface area (Å²) in [7, 11) is 0. The number of rotatable bonds is 7. The Labute approximate surface area is 206 Å². The Morgan fingerprint density at radius 1 is 0.889 bits per heavy atom. The van der Waals surface area contributed by atoms with Gasteiger partial charge in [0, 0.05) is 18.5 Å². The van der Waals surface area contributed by atoms with Gasteiger partial charge in [0.2, 0.25) is 5.82 Å². The van der Waals surface area contributed by atoms with Gasteiger partial charge in [-0.2, -0.15) is 5.21 Å². The predicted octanol–water partition coefficient (Wildman–Crippen LogP) is 3.94. The van der Waals surface area contributed by atoms with Gasteiger partial charge in [-0.3, -0.25) is 9.59 Å². The largest absolute Gasteiger partial charge is 0.321 e. The van der Waals surface area contributed by atoms with Gasteiger partial charge in [-0.15, -0.1) is 20.4 Å². The molecule has 0 unspecified atom stereocenters. The van der Waals surface area contributed by atoms with Gasteiger partial charge in [0.1, 0.15) is 16.9 Å². The molecule has 0 aliphatic heterocycles. The van der Waals surface area contributed by atoms with Crippen molar-refractivity contribution in [3.05, 3.63) is 71.3 Å². The first-order valence-corrected chi connectivity index (χ1v) is 11.5. The maximum Gasteiger partial charge on any atom is 0.205 e. The highest BCUT2D eigenvalue weighted by atomic mass is 16.1. The third-order valence-electron chi connectivity index (χ3n) is 5.83. The van der Waals surface area contributed by atoms with Crippen molar-refractivity contribution in [1.82, 2.24) is 40.4 Å². The second-order valence-corrected chi connectivity index (χ2v) is 9.73. The Kier molecular flexibility index (Phi) is 5.93. The van der Waals surface area contributed by atoms with Gasteiger partial charge in [0.25, 0.3) is 0 Å². The molecule has 3 aromatic heterocycles. The molecule has 1 N–H and O–H groups in total. The predicted molar refractivity (Wildman–Crippen MR) is 133 cm³/mol. The highest BCUT2D eigenvalue weighted by Gasteiger charge is 2.23. The molecule has 0 saturated carbocycles. The Morgan fingerprint density at radius 3 is 2.22 bits per heavy atom. The SMILES string of the molecule is CC(C)(C)Cc1nc2c(C=O)nnc(C=O)c2n1Cc1ccc(-c2ccccc2-c2nn[nH]n2)cc1. The van der Waals surface area contributed by atoms with E-state index in [0.29, 0.717) is 42.4 Å². The number of fused-ring (bicyclic) bond motifs is 1. The molecule has 0 bridgehead atoms. The number of aromatic nitrogens is 8. The van der Waals surface area contributed by atoms with Crippen molar-refractivity contribution in [2.24, 2.45) is 5.41 Å². The minimum absolute atomic E-state index is 0.0641. The van der Waals surface area contributed by atoms with Crippen molar-refractivity contribution < 1.29 is 9.59 Å². The zero-order valence-electron chi connectivity index (χ0n) is 20.1. The van der Waals surface area contributed by atoms with Gasteiger partial charge < -0.3 is 4.57 Å². The number of benzene rings is 2. The molecule has 3 heterocycles. The van der Waals surface area contributed by atoms with E-state index >= 15 is 0 Å². The molecule has 5 aromatic rings. The van der Waals surface area contributed by atoms with Gasteiger partial charge in [0.05, 0.1) is 0 Å². The van der Waals surface area contributed by atoms with Crippen LogP contribution >= 0.6 is 0 Å². The van der Waals surface area contributed by atoms with Gasteiger partial charge in [-0.25, -0.2) is 4.98 Å². The number of aldehydes is 2. The quantitative estimate of drug-likeness (QED) is 0.347. The van der Waals surface area contributed by atoms with Crippen LogP contribution in [0.15, 0.2) is 48.5 Å². The Bertz CT molecular complexity index is 1550. The zero-order valence-corrected chi connectivity index (χ0v) is 20.1. The minimum Gasteiger partial charge on any atom is -0.321 e. The molecular weight excluding hydrogens is 456 g/mol. The van der Waals surface area contributed by atoms with Crippen LogP contribution < -0.4 is 0 Å². The van der Waals surface area contributed by atoms with E-state index in [1.807, 2.05) is 53.1 Å². The van der Waals surface area contributed by atoms with E-state index in [1.165, 1.54) is 0 Å². The molecule has 0 atom stereocenters. The molecule has 10 nitrogen and oxygen atoms in total. The summed E-state index contributed by atoms with van der Waals surface area (Å²) < 4.78 is 1.97. The van der Waals surface area contributed by atoms with Gasteiger partial charge >= 0.3 is 0 Å². The van der Waals surface area contributed by atoms with E-state index in [0.717, 1.165) is 28.1 Å². The average molecular weight is 481 g/mol. The topological polar surface area (TPSA) is 132 Å². The molecule has 0 fully saturated rings. The van der Waals surface area contributed by atoms with Crippen LogP contribution in [0.5, 0.6) is 0 Å². The molecule has 0 aliphatic carbocycles. The van der Waals surface area contributed by atoms with Crippen molar-refractivity contribution in [3.8, 4) is 22.5 Å². The second kappa shape index (κ2) is 9.21. The first kappa shape index (κ1) is 23.2. The first-order valence-electron chi connectivity index (χ1n) is 11.5. The van der Waals surface area contributed by atoms with Crippen LogP contribution in [0.2, 0.25) is 0 Å². The molecule has 5 rings (SSSR count). The molecule has 0 saturated heterocycles. The first-order chi connectivity index (χ1) is 17.4. The lowest BCUT2D eigenvalue weighted by molar-refractivity contribution is 0.110. The van der Waals surface area contributed by atoms with E-state index in [-0.39, 0.29) is 16.8 Å².